The largest absolute Gasteiger partial charge is 0.481 e. The topological polar surface area (TPSA) is 59.3 Å². The van der Waals surface area contributed by atoms with Crippen LogP contribution in [0.2, 0.25) is 0 Å². The lowest BCUT2D eigenvalue weighted by molar-refractivity contribution is -0.177. The molecule has 0 saturated heterocycles. The van der Waals surface area contributed by atoms with E-state index in [4.69, 9.17) is 0 Å². The molecule has 4 nitrogen and oxygen atoms in total. The van der Waals surface area contributed by atoms with Gasteiger partial charge in [-0.2, -0.15) is 0 Å². The second kappa shape index (κ2) is 8.69. The minimum atomic E-state index is -0.721. The highest BCUT2D eigenvalue weighted by Gasteiger charge is 2.61. The van der Waals surface area contributed by atoms with Crippen molar-refractivity contribution < 1.29 is 19.1 Å². The zero-order valence-electron chi connectivity index (χ0n) is 20.9. The molecule has 2 aliphatic rings. The number of carbonyl (C=O) groups is 2. The maximum atomic E-state index is 14.7. The summed E-state index contributed by atoms with van der Waals surface area (Å²) in [6.07, 6.45) is 5.49. The summed E-state index contributed by atoms with van der Waals surface area (Å²) in [4.78, 5) is 24.9. The van der Waals surface area contributed by atoms with Gasteiger partial charge in [0.2, 0.25) is 0 Å². The monoisotopic (exact) mass is 495 g/mol. The molecular weight excluding hydrogens is 465 g/mol. The minimum Gasteiger partial charge on any atom is -0.481 e. The van der Waals surface area contributed by atoms with Gasteiger partial charge in [-0.3, -0.25) is 9.59 Å². The van der Waals surface area contributed by atoms with Crippen molar-refractivity contribution in [1.82, 2.24) is 4.57 Å². The summed E-state index contributed by atoms with van der Waals surface area (Å²) >= 11 is 0. The van der Waals surface area contributed by atoms with Crippen LogP contribution >= 0.6 is 0 Å². The van der Waals surface area contributed by atoms with Crippen LogP contribution in [0.5, 0.6) is 0 Å². The fourth-order valence-corrected chi connectivity index (χ4v) is 7.00. The average molecular weight is 496 g/mol. The first-order valence-corrected chi connectivity index (χ1v) is 12.9. The third-order valence-electron chi connectivity index (χ3n) is 8.55. The second-order valence-corrected chi connectivity index (χ2v) is 11.5. The molecule has 0 atom stereocenters. The number of rotatable bonds is 7. The Bertz CT molecular complexity index is 1490. The lowest BCUT2D eigenvalue weighted by Crippen LogP contribution is -2.55. The fraction of sp³-hybridized carbons (Fsp3) is 0.312. The summed E-state index contributed by atoms with van der Waals surface area (Å²) < 4.78 is 16.7. The van der Waals surface area contributed by atoms with Crippen LogP contribution in [0.1, 0.15) is 54.9 Å². The van der Waals surface area contributed by atoms with Crippen molar-refractivity contribution in [1.29, 1.82) is 0 Å². The van der Waals surface area contributed by atoms with Crippen molar-refractivity contribution >= 4 is 22.7 Å². The van der Waals surface area contributed by atoms with E-state index in [9.17, 15) is 19.1 Å². The number of Topliss-reactive ketones (excluding diaryl/α,β-unsaturated/α-hetero) is 1. The van der Waals surface area contributed by atoms with E-state index in [1.54, 1.807) is 12.1 Å². The van der Waals surface area contributed by atoms with E-state index in [0.29, 0.717) is 42.3 Å². The quantitative estimate of drug-likeness (QED) is 0.273. The molecule has 1 aromatic heterocycles. The minimum absolute atomic E-state index is 0.0320. The van der Waals surface area contributed by atoms with Crippen LogP contribution in [0.15, 0.2) is 79.0 Å². The third kappa shape index (κ3) is 4.16. The number of benzene rings is 3. The Balaban J connectivity index is 1.19. The van der Waals surface area contributed by atoms with E-state index in [1.165, 1.54) is 6.07 Å². The molecule has 1 N–H and O–H groups in total. The average Bonchev–Trinajstić information content (AvgIpc) is 3.27. The molecule has 4 aromatic rings. The number of hydrogen-bond acceptors (Lipinski definition) is 2. The molecule has 0 amide bonds. The predicted octanol–water partition coefficient (Wildman–Crippen LogP) is 7.35. The van der Waals surface area contributed by atoms with Crippen molar-refractivity contribution in [3.63, 3.8) is 0 Å². The SMILES string of the molecule is CC1(C(=O)O)CC2(CC(CC(=O)c3ccc(F)c4ccn(Cc5ccc(-c6ccccc6)cc5)c34)C2)C1. The Morgan fingerprint density at radius 2 is 1.62 bits per heavy atom. The molecule has 0 unspecified atom stereocenters. The van der Waals surface area contributed by atoms with E-state index in [1.807, 2.05) is 35.9 Å². The molecule has 2 aliphatic carbocycles. The lowest BCUT2D eigenvalue weighted by atomic mass is 9.43. The number of carbonyl (C=O) groups excluding carboxylic acids is 1. The number of carboxylic acid groups (broad SMARTS) is 1. The number of ketones is 1. The van der Waals surface area contributed by atoms with Gasteiger partial charge in [0.05, 0.1) is 10.9 Å². The number of hydrogen-bond donors (Lipinski definition) is 1. The van der Waals surface area contributed by atoms with Crippen molar-refractivity contribution in [2.75, 3.05) is 0 Å². The molecule has 188 valence electrons. The molecule has 2 saturated carbocycles. The van der Waals surface area contributed by atoms with Gasteiger partial charge in [0, 0.05) is 30.1 Å². The van der Waals surface area contributed by atoms with Crippen molar-refractivity contribution in [2.45, 2.75) is 45.6 Å². The molecule has 0 aliphatic heterocycles. The summed E-state index contributed by atoms with van der Waals surface area (Å²) in [5.74, 6) is -0.749. The molecular formula is C32H30FNO3. The third-order valence-corrected chi connectivity index (χ3v) is 8.55. The van der Waals surface area contributed by atoms with Crippen LogP contribution in [0.25, 0.3) is 22.0 Å². The summed E-state index contributed by atoms with van der Waals surface area (Å²) in [7, 11) is 0. The number of carboxylic acids is 1. The van der Waals surface area contributed by atoms with Gasteiger partial charge in [-0.05, 0) is 78.8 Å². The van der Waals surface area contributed by atoms with Gasteiger partial charge in [-0.1, -0.05) is 54.6 Å². The molecule has 5 heteroatoms. The van der Waals surface area contributed by atoms with Crippen LogP contribution in [0.4, 0.5) is 4.39 Å². The van der Waals surface area contributed by atoms with E-state index >= 15 is 0 Å². The summed E-state index contributed by atoms with van der Waals surface area (Å²) in [6, 6.07) is 23.3. The van der Waals surface area contributed by atoms with E-state index in [-0.39, 0.29) is 22.9 Å². The van der Waals surface area contributed by atoms with Gasteiger partial charge in [0.1, 0.15) is 5.82 Å². The summed E-state index contributed by atoms with van der Waals surface area (Å²) in [6.45, 7) is 2.36. The zero-order valence-corrected chi connectivity index (χ0v) is 20.9. The molecule has 1 heterocycles. The van der Waals surface area contributed by atoms with Crippen LogP contribution in [-0.2, 0) is 11.3 Å². The standard InChI is InChI=1S/C32H30FNO3/c1-31(30(36)37)19-32(20-31)16-22(17-32)15-28(35)26-11-12-27(33)25-13-14-34(29(25)26)18-21-7-9-24(10-8-21)23-5-3-2-4-6-23/h2-14,22H,15-20H2,1H3,(H,36,37). The van der Waals surface area contributed by atoms with E-state index in [2.05, 4.69) is 36.4 Å². The Morgan fingerprint density at radius 1 is 0.946 bits per heavy atom. The normalized spacial score (nSPS) is 24.5. The highest BCUT2D eigenvalue weighted by Crippen LogP contribution is 2.66. The zero-order chi connectivity index (χ0) is 25.8. The lowest BCUT2D eigenvalue weighted by Gasteiger charge is -2.61. The Hall–Kier alpha value is -3.73. The molecule has 0 radical (unpaired) electrons. The van der Waals surface area contributed by atoms with Gasteiger partial charge >= 0.3 is 5.97 Å². The Morgan fingerprint density at radius 3 is 2.30 bits per heavy atom. The first-order chi connectivity index (χ1) is 17.8. The number of halogens is 1. The highest BCUT2D eigenvalue weighted by atomic mass is 19.1. The Kier molecular flexibility index (Phi) is 5.55. The fourth-order valence-electron chi connectivity index (χ4n) is 7.00. The number of aromatic nitrogens is 1. The first-order valence-electron chi connectivity index (χ1n) is 12.9. The molecule has 6 rings (SSSR count). The number of fused-ring (bicyclic) bond motifs is 1. The van der Waals surface area contributed by atoms with Crippen LogP contribution in [0.3, 0.4) is 0 Å². The molecule has 0 bridgehead atoms. The summed E-state index contributed by atoms with van der Waals surface area (Å²) in [5.41, 5.74) is 4.06. The van der Waals surface area contributed by atoms with Gasteiger partial charge in [0.15, 0.2) is 5.78 Å². The van der Waals surface area contributed by atoms with Crippen molar-refractivity contribution in [3.05, 3.63) is 95.9 Å². The second-order valence-electron chi connectivity index (χ2n) is 11.5. The smallest absolute Gasteiger partial charge is 0.309 e. The van der Waals surface area contributed by atoms with Gasteiger partial charge < -0.3 is 9.67 Å². The van der Waals surface area contributed by atoms with Crippen molar-refractivity contribution in [3.8, 4) is 11.1 Å². The maximum Gasteiger partial charge on any atom is 0.309 e. The van der Waals surface area contributed by atoms with Crippen LogP contribution in [-0.4, -0.2) is 21.4 Å². The molecule has 2 fully saturated rings. The molecule has 3 aromatic carbocycles. The van der Waals surface area contributed by atoms with Gasteiger partial charge in [-0.15, -0.1) is 0 Å². The van der Waals surface area contributed by atoms with E-state index in [0.717, 1.165) is 29.5 Å². The molecule has 1 spiro atoms. The van der Waals surface area contributed by atoms with Crippen LogP contribution in [0, 0.1) is 22.6 Å². The molecule has 37 heavy (non-hydrogen) atoms. The number of aliphatic carboxylic acids is 1. The maximum absolute atomic E-state index is 14.7. The number of nitrogens with zero attached hydrogens (tertiary/aromatic N) is 1. The van der Waals surface area contributed by atoms with Crippen molar-refractivity contribution in [2.24, 2.45) is 16.7 Å². The van der Waals surface area contributed by atoms with Gasteiger partial charge in [-0.25, -0.2) is 4.39 Å². The highest BCUT2D eigenvalue weighted by molar-refractivity contribution is 6.07. The Labute approximate surface area is 215 Å². The van der Waals surface area contributed by atoms with Gasteiger partial charge in [0.25, 0.3) is 0 Å². The van der Waals surface area contributed by atoms with Crippen LogP contribution < -0.4 is 0 Å². The van der Waals surface area contributed by atoms with E-state index < -0.39 is 11.4 Å². The predicted molar refractivity (Wildman–Crippen MR) is 142 cm³/mol. The summed E-state index contributed by atoms with van der Waals surface area (Å²) in [5, 5.41) is 9.88. The first kappa shape index (κ1) is 23.7.